The largest absolute Gasteiger partial charge is 0.323 e. The van der Waals surface area contributed by atoms with Crippen molar-refractivity contribution in [3.63, 3.8) is 0 Å². The molecule has 2 aromatic carbocycles. The van der Waals surface area contributed by atoms with Crippen molar-refractivity contribution in [2.45, 2.75) is 17.4 Å². The summed E-state index contributed by atoms with van der Waals surface area (Å²) < 4.78 is 13.5. The fraction of sp³-hybridized carbons (Fsp3) is 0.188. The predicted octanol–water partition coefficient (Wildman–Crippen LogP) is 6.17. The van der Waals surface area contributed by atoms with Crippen LogP contribution in [-0.4, -0.2) is 11.7 Å². The number of anilines is 1. The van der Waals surface area contributed by atoms with E-state index in [1.807, 2.05) is 0 Å². The van der Waals surface area contributed by atoms with Crippen molar-refractivity contribution in [3.8, 4) is 0 Å². The molecular formula is C16H13Cl2FN4S. The van der Waals surface area contributed by atoms with Crippen LogP contribution in [0.2, 0.25) is 10.0 Å². The van der Waals surface area contributed by atoms with Crippen molar-refractivity contribution in [1.29, 1.82) is 5.41 Å². The van der Waals surface area contributed by atoms with Crippen LogP contribution in [0.4, 0.5) is 10.1 Å². The molecule has 0 spiro atoms. The second-order valence-corrected chi connectivity index (χ2v) is 7.10. The van der Waals surface area contributed by atoms with Gasteiger partial charge in [-0.1, -0.05) is 23.2 Å². The van der Waals surface area contributed by atoms with Crippen molar-refractivity contribution in [2.75, 3.05) is 11.1 Å². The standard InChI is InChI=1S/C16H13Cl2FN4S/c17-12-3-2-10(8-13(12)18)21-16(20)23-22-14-5-6-24-15-4-1-9(19)7-11(14)15/h1-4,7-8,14H,5-6H2,(H2,20,21). The number of hydrogen-bond donors (Lipinski definition) is 2. The molecule has 4 nitrogen and oxygen atoms in total. The first-order chi connectivity index (χ1) is 11.5. The van der Waals surface area contributed by atoms with Gasteiger partial charge in [-0.2, -0.15) is 5.11 Å². The zero-order chi connectivity index (χ0) is 17.1. The van der Waals surface area contributed by atoms with Gasteiger partial charge in [0.05, 0.1) is 16.1 Å². The van der Waals surface area contributed by atoms with Gasteiger partial charge in [0.25, 0.3) is 0 Å². The van der Waals surface area contributed by atoms with Gasteiger partial charge in [0.15, 0.2) is 0 Å². The zero-order valence-electron chi connectivity index (χ0n) is 12.4. The maximum Gasteiger partial charge on any atom is 0.239 e. The Bertz CT molecular complexity index is 813. The molecule has 1 atom stereocenters. The summed E-state index contributed by atoms with van der Waals surface area (Å²) in [6.07, 6.45) is 0.755. The molecular weight excluding hydrogens is 370 g/mol. The minimum absolute atomic E-state index is 0.121. The van der Waals surface area contributed by atoms with Crippen LogP contribution in [0, 0.1) is 11.2 Å². The normalized spacial score (nSPS) is 16.9. The van der Waals surface area contributed by atoms with Gasteiger partial charge in [-0.25, -0.2) is 4.39 Å². The molecule has 0 saturated carbocycles. The number of nitrogens with zero attached hydrogens (tertiary/aromatic N) is 2. The number of halogens is 3. The lowest BCUT2D eigenvalue weighted by Crippen LogP contribution is -2.09. The lowest BCUT2D eigenvalue weighted by molar-refractivity contribution is 0.603. The van der Waals surface area contributed by atoms with E-state index in [4.69, 9.17) is 28.6 Å². The number of azo groups is 1. The highest BCUT2D eigenvalue weighted by Crippen LogP contribution is 2.38. The van der Waals surface area contributed by atoms with Crippen LogP contribution in [0.25, 0.3) is 0 Å². The van der Waals surface area contributed by atoms with Crippen LogP contribution >= 0.6 is 35.0 Å². The number of nitrogens with one attached hydrogen (secondary N) is 2. The molecule has 0 fully saturated rings. The molecule has 0 bridgehead atoms. The average Bonchev–Trinajstić information content (AvgIpc) is 2.56. The van der Waals surface area contributed by atoms with E-state index in [9.17, 15) is 4.39 Å². The Morgan fingerprint density at radius 2 is 2.04 bits per heavy atom. The van der Waals surface area contributed by atoms with Crippen molar-refractivity contribution >= 4 is 46.6 Å². The molecule has 0 radical (unpaired) electrons. The quantitative estimate of drug-likeness (QED) is 0.370. The minimum Gasteiger partial charge on any atom is -0.323 e. The molecule has 24 heavy (non-hydrogen) atoms. The Labute approximate surface area is 153 Å². The molecule has 124 valence electrons. The Balaban J connectivity index is 1.71. The topological polar surface area (TPSA) is 60.6 Å². The van der Waals surface area contributed by atoms with Gasteiger partial charge in [-0.3, -0.25) is 5.41 Å². The fourth-order valence-corrected chi connectivity index (χ4v) is 3.72. The highest BCUT2D eigenvalue weighted by atomic mass is 35.5. The van der Waals surface area contributed by atoms with E-state index in [1.54, 1.807) is 36.0 Å². The number of hydrogen-bond acceptors (Lipinski definition) is 3. The fourth-order valence-electron chi connectivity index (χ4n) is 2.33. The highest BCUT2D eigenvalue weighted by Gasteiger charge is 2.21. The first-order valence-electron chi connectivity index (χ1n) is 7.16. The van der Waals surface area contributed by atoms with Crippen LogP contribution in [-0.2, 0) is 0 Å². The summed E-state index contributed by atoms with van der Waals surface area (Å²) in [5.74, 6) is 0.473. The predicted molar refractivity (Wildman–Crippen MR) is 97.1 cm³/mol. The summed E-state index contributed by atoms with van der Waals surface area (Å²) in [5, 5.41) is 19.6. The highest BCUT2D eigenvalue weighted by molar-refractivity contribution is 7.99. The molecule has 0 saturated heterocycles. The van der Waals surface area contributed by atoms with Gasteiger partial charge >= 0.3 is 0 Å². The van der Waals surface area contributed by atoms with E-state index in [1.165, 1.54) is 12.1 Å². The molecule has 0 aliphatic carbocycles. The summed E-state index contributed by atoms with van der Waals surface area (Å²) in [4.78, 5) is 1.01. The van der Waals surface area contributed by atoms with Gasteiger partial charge in [0, 0.05) is 16.3 Å². The SMILES string of the molecule is N=C(N=NC1CCSc2ccc(F)cc21)Nc1ccc(Cl)c(Cl)c1. The lowest BCUT2D eigenvalue weighted by atomic mass is 10.0. The van der Waals surface area contributed by atoms with Gasteiger partial charge in [0.1, 0.15) is 5.82 Å². The van der Waals surface area contributed by atoms with Crippen LogP contribution in [0.1, 0.15) is 18.0 Å². The first kappa shape index (κ1) is 17.2. The van der Waals surface area contributed by atoms with Crippen molar-refractivity contribution in [2.24, 2.45) is 10.2 Å². The van der Waals surface area contributed by atoms with E-state index in [0.29, 0.717) is 15.7 Å². The zero-order valence-corrected chi connectivity index (χ0v) is 14.7. The van der Waals surface area contributed by atoms with Crippen LogP contribution in [0.3, 0.4) is 0 Å². The Kier molecular flexibility index (Phi) is 5.38. The third-order valence-corrected chi connectivity index (χ3v) is 5.32. The molecule has 8 heteroatoms. The Morgan fingerprint density at radius 1 is 1.21 bits per heavy atom. The third-order valence-electron chi connectivity index (χ3n) is 3.46. The van der Waals surface area contributed by atoms with E-state index in [2.05, 4.69) is 15.5 Å². The molecule has 2 aromatic rings. The molecule has 0 aromatic heterocycles. The van der Waals surface area contributed by atoms with Crippen molar-refractivity contribution in [3.05, 3.63) is 57.8 Å². The van der Waals surface area contributed by atoms with E-state index in [0.717, 1.165) is 22.6 Å². The third kappa shape index (κ3) is 4.06. The monoisotopic (exact) mass is 382 g/mol. The molecule has 0 amide bonds. The second-order valence-electron chi connectivity index (χ2n) is 5.15. The van der Waals surface area contributed by atoms with E-state index < -0.39 is 0 Å². The summed E-state index contributed by atoms with van der Waals surface area (Å²) in [6.45, 7) is 0. The van der Waals surface area contributed by atoms with Crippen LogP contribution < -0.4 is 5.32 Å². The number of thioether (sulfide) groups is 1. The second kappa shape index (κ2) is 7.51. The van der Waals surface area contributed by atoms with Gasteiger partial charge in [0.2, 0.25) is 5.96 Å². The van der Waals surface area contributed by atoms with Crippen molar-refractivity contribution < 1.29 is 4.39 Å². The summed E-state index contributed by atoms with van der Waals surface area (Å²) in [6, 6.07) is 9.38. The minimum atomic E-state index is -0.291. The maximum atomic E-state index is 13.5. The molecule has 2 N–H and O–H groups in total. The van der Waals surface area contributed by atoms with Crippen LogP contribution in [0.5, 0.6) is 0 Å². The number of benzene rings is 2. The first-order valence-corrected chi connectivity index (χ1v) is 8.91. The summed E-state index contributed by atoms with van der Waals surface area (Å²) >= 11 is 13.5. The Hall–Kier alpha value is -1.63. The van der Waals surface area contributed by atoms with Gasteiger partial charge in [-0.15, -0.1) is 16.9 Å². The molecule has 1 aliphatic heterocycles. The maximum absolute atomic E-state index is 13.5. The number of guanidine groups is 1. The molecule has 1 unspecified atom stereocenters. The lowest BCUT2D eigenvalue weighted by Gasteiger charge is -2.20. The number of fused-ring (bicyclic) bond motifs is 1. The smallest absolute Gasteiger partial charge is 0.239 e. The molecule has 1 aliphatic rings. The Morgan fingerprint density at radius 3 is 2.83 bits per heavy atom. The number of rotatable bonds is 2. The molecule has 1 heterocycles. The van der Waals surface area contributed by atoms with E-state index in [-0.39, 0.29) is 17.8 Å². The van der Waals surface area contributed by atoms with Crippen LogP contribution in [0.15, 0.2) is 51.5 Å². The average molecular weight is 383 g/mol. The molecule has 3 rings (SSSR count). The van der Waals surface area contributed by atoms with Crippen molar-refractivity contribution in [1.82, 2.24) is 0 Å². The summed E-state index contributed by atoms with van der Waals surface area (Å²) in [7, 11) is 0. The van der Waals surface area contributed by atoms with Gasteiger partial charge in [-0.05, 0) is 48.4 Å². The van der Waals surface area contributed by atoms with Gasteiger partial charge < -0.3 is 5.32 Å². The van der Waals surface area contributed by atoms with E-state index >= 15 is 0 Å². The summed E-state index contributed by atoms with van der Waals surface area (Å²) in [5.41, 5.74) is 1.41.